The first kappa shape index (κ1) is 23.2. The number of urea groups is 1. The summed E-state index contributed by atoms with van der Waals surface area (Å²) in [6, 6.07) is 15.0. The van der Waals surface area contributed by atoms with Gasteiger partial charge < -0.3 is 10.1 Å². The van der Waals surface area contributed by atoms with Crippen molar-refractivity contribution < 1.29 is 19.1 Å². The van der Waals surface area contributed by atoms with Crippen LogP contribution in [-0.4, -0.2) is 41.4 Å². The molecular formula is C25H24N2O4S2. The summed E-state index contributed by atoms with van der Waals surface area (Å²) in [5, 5.41) is 3.17. The molecule has 170 valence electrons. The average Bonchev–Trinajstić information content (AvgIpc) is 2.81. The normalized spacial score (nSPS) is 18.3. The smallest absolute Gasteiger partial charge is 0.326 e. The van der Waals surface area contributed by atoms with E-state index in [1.807, 2.05) is 60.7 Å². The monoisotopic (exact) mass is 480 g/mol. The van der Waals surface area contributed by atoms with Crippen LogP contribution in [0.25, 0.3) is 0 Å². The Labute approximate surface area is 201 Å². The average molecular weight is 481 g/mol. The van der Waals surface area contributed by atoms with Gasteiger partial charge in [-0.1, -0.05) is 42.5 Å². The van der Waals surface area contributed by atoms with Crippen LogP contribution >= 0.6 is 23.5 Å². The first-order valence-electron chi connectivity index (χ1n) is 10.7. The molecule has 0 aromatic heterocycles. The van der Waals surface area contributed by atoms with Gasteiger partial charge in [-0.3, -0.25) is 14.5 Å². The predicted molar refractivity (Wildman–Crippen MR) is 133 cm³/mol. The highest BCUT2D eigenvalue weighted by molar-refractivity contribution is 8.00. The van der Waals surface area contributed by atoms with Gasteiger partial charge in [-0.05, 0) is 37.3 Å². The summed E-state index contributed by atoms with van der Waals surface area (Å²) in [5.41, 5.74) is 1.53. The van der Waals surface area contributed by atoms with Crippen molar-refractivity contribution in [3.8, 4) is 0 Å². The molecule has 2 atom stereocenters. The van der Waals surface area contributed by atoms with Crippen molar-refractivity contribution in [2.75, 3.05) is 22.6 Å². The molecule has 0 saturated carbocycles. The van der Waals surface area contributed by atoms with Crippen molar-refractivity contribution >= 4 is 52.7 Å². The third kappa shape index (κ3) is 5.69. The molecule has 1 heterocycles. The molecule has 0 bridgehead atoms. The van der Waals surface area contributed by atoms with Gasteiger partial charge in [0.1, 0.15) is 6.42 Å². The number of carbonyl (C=O) groups is 3. The Bertz CT molecular complexity index is 1120. The minimum atomic E-state index is -0.506. The van der Waals surface area contributed by atoms with Crippen LogP contribution < -0.4 is 10.2 Å². The number of nitrogens with one attached hydrogen (secondary N) is 1. The number of thioether (sulfide) groups is 2. The zero-order valence-corrected chi connectivity index (χ0v) is 19.7. The second kappa shape index (κ2) is 10.8. The van der Waals surface area contributed by atoms with Gasteiger partial charge >= 0.3 is 12.0 Å². The fraction of sp³-hybridized carbons (Fsp3) is 0.240. The quantitative estimate of drug-likeness (QED) is 0.329. The van der Waals surface area contributed by atoms with Gasteiger partial charge in [0.2, 0.25) is 0 Å². The molecule has 4 rings (SSSR count). The SMILES string of the molecule is CCOC(=O)CC(=O)CSc1cccc(NC(=O)N2c3ccccc3SC3C=CC=CC32)c1. The van der Waals surface area contributed by atoms with Gasteiger partial charge in [-0.25, -0.2) is 4.79 Å². The number of esters is 1. The van der Waals surface area contributed by atoms with Crippen molar-refractivity contribution in [3.63, 3.8) is 0 Å². The fourth-order valence-electron chi connectivity index (χ4n) is 3.66. The van der Waals surface area contributed by atoms with Crippen LogP contribution in [0.15, 0.2) is 82.6 Å². The molecule has 2 aliphatic rings. The van der Waals surface area contributed by atoms with Gasteiger partial charge in [-0.2, -0.15) is 0 Å². The molecule has 0 spiro atoms. The molecule has 2 amide bonds. The highest BCUT2D eigenvalue weighted by atomic mass is 32.2. The fourth-order valence-corrected chi connectivity index (χ4v) is 5.73. The predicted octanol–water partition coefficient (Wildman–Crippen LogP) is 5.31. The van der Waals surface area contributed by atoms with Gasteiger partial charge in [0.25, 0.3) is 0 Å². The number of fused-ring (bicyclic) bond motifs is 2. The highest BCUT2D eigenvalue weighted by Crippen LogP contribution is 2.43. The Morgan fingerprint density at radius 3 is 2.76 bits per heavy atom. The van der Waals surface area contributed by atoms with E-state index in [1.54, 1.807) is 23.6 Å². The molecule has 6 nitrogen and oxygen atoms in total. The minimum absolute atomic E-state index is 0.0760. The number of hydrogen-bond acceptors (Lipinski definition) is 6. The second-order valence-corrected chi connectivity index (χ2v) is 9.72. The Morgan fingerprint density at radius 1 is 1.09 bits per heavy atom. The highest BCUT2D eigenvalue weighted by Gasteiger charge is 2.36. The lowest BCUT2D eigenvalue weighted by Crippen LogP contribution is -2.49. The van der Waals surface area contributed by atoms with Crippen molar-refractivity contribution in [2.24, 2.45) is 0 Å². The molecule has 1 aliphatic carbocycles. The van der Waals surface area contributed by atoms with Crippen LogP contribution in [-0.2, 0) is 14.3 Å². The molecule has 0 fully saturated rings. The lowest BCUT2D eigenvalue weighted by Gasteiger charge is -2.40. The minimum Gasteiger partial charge on any atom is -0.466 e. The number of para-hydroxylation sites is 1. The maximum absolute atomic E-state index is 13.4. The Kier molecular flexibility index (Phi) is 7.57. The van der Waals surface area contributed by atoms with E-state index < -0.39 is 5.97 Å². The van der Waals surface area contributed by atoms with Crippen molar-refractivity contribution in [1.29, 1.82) is 0 Å². The summed E-state index contributed by atoms with van der Waals surface area (Å²) in [7, 11) is 0. The largest absolute Gasteiger partial charge is 0.466 e. The van der Waals surface area contributed by atoms with Gasteiger partial charge in [0.15, 0.2) is 5.78 Å². The van der Waals surface area contributed by atoms with E-state index in [0.717, 1.165) is 15.5 Å². The van der Waals surface area contributed by atoms with Crippen LogP contribution in [0.2, 0.25) is 0 Å². The Hall–Kier alpha value is -2.97. The van der Waals surface area contributed by atoms with E-state index >= 15 is 0 Å². The standard InChI is InChI=1S/C25H24N2O4S2/c1-2-31-24(29)15-18(28)16-32-19-9-7-8-17(14-19)26-25(30)27-20-10-3-5-12-22(20)33-23-13-6-4-11-21(23)27/h3-14,20,22H,2,15-16H2,1H3,(H,26,30). The number of ether oxygens (including phenoxy) is 1. The number of rotatable bonds is 7. The maximum atomic E-state index is 13.4. The van der Waals surface area contributed by atoms with Crippen LogP contribution in [0.4, 0.5) is 16.2 Å². The molecule has 2 aromatic rings. The molecule has 1 N–H and O–H groups in total. The van der Waals surface area contributed by atoms with Crippen LogP contribution in [0.3, 0.4) is 0 Å². The van der Waals surface area contributed by atoms with Crippen LogP contribution in [0.5, 0.6) is 0 Å². The summed E-state index contributed by atoms with van der Waals surface area (Å²) in [6.07, 6.45) is 7.93. The molecular weight excluding hydrogens is 456 g/mol. The second-order valence-electron chi connectivity index (χ2n) is 7.45. The Balaban J connectivity index is 1.44. The molecule has 8 heteroatoms. The van der Waals surface area contributed by atoms with Gasteiger partial charge in [0, 0.05) is 15.5 Å². The van der Waals surface area contributed by atoms with E-state index in [2.05, 4.69) is 17.5 Å². The number of carbonyl (C=O) groups excluding carboxylic acids is 3. The van der Waals surface area contributed by atoms with Gasteiger partial charge in [-0.15, -0.1) is 23.5 Å². The number of allylic oxidation sites excluding steroid dienone is 2. The summed E-state index contributed by atoms with van der Waals surface area (Å²) < 4.78 is 4.82. The van der Waals surface area contributed by atoms with Crippen molar-refractivity contribution in [2.45, 2.75) is 34.4 Å². The lowest BCUT2D eigenvalue weighted by molar-refractivity contribution is -0.145. The first-order chi connectivity index (χ1) is 16.0. The zero-order chi connectivity index (χ0) is 23.2. The van der Waals surface area contributed by atoms with E-state index in [9.17, 15) is 14.4 Å². The number of nitrogens with zero attached hydrogens (tertiary/aromatic N) is 1. The topological polar surface area (TPSA) is 75.7 Å². The first-order valence-corrected chi connectivity index (χ1v) is 12.5. The third-order valence-corrected chi connectivity index (χ3v) is 7.45. The van der Waals surface area contributed by atoms with Gasteiger partial charge in [0.05, 0.1) is 29.3 Å². The lowest BCUT2D eigenvalue weighted by atomic mass is 10.1. The molecule has 0 radical (unpaired) electrons. The van der Waals surface area contributed by atoms with E-state index in [4.69, 9.17) is 4.74 Å². The maximum Gasteiger partial charge on any atom is 0.326 e. The summed E-state index contributed by atoms with van der Waals surface area (Å²) in [6.45, 7) is 1.97. The van der Waals surface area contributed by atoms with Crippen molar-refractivity contribution in [3.05, 3.63) is 72.8 Å². The number of Topliss-reactive ketones (excluding diaryl/α,β-unsaturated/α-hetero) is 1. The summed E-state index contributed by atoms with van der Waals surface area (Å²) >= 11 is 3.09. The molecule has 0 saturated heterocycles. The number of ketones is 1. The number of anilines is 2. The number of hydrogen-bond donors (Lipinski definition) is 1. The molecule has 1 aliphatic heterocycles. The summed E-state index contributed by atoms with van der Waals surface area (Å²) in [4.78, 5) is 40.6. The molecule has 33 heavy (non-hydrogen) atoms. The van der Waals surface area contributed by atoms with E-state index in [0.29, 0.717) is 5.69 Å². The zero-order valence-electron chi connectivity index (χ0n) is 18.1. The summed E-state index contributed by atoms with van der Waals surface area (Å²) in [5.74, 6) is -0.541. The van der Waals surface area contributed by atoms with Crippen LogP contribution in [0, 0.1) is 0 Å². The number of benzene rings is 2. The Morgan fingerprint density at radius 2 is 1.91 bits per heavy atom. The molecule has 2 aromatic carbocycles. The number of amides is 2. The van der Waals surface area contributed by atoms with Crippen molar-refractivity contribution in [1.82, 2.24) is 0 Å². The molecule has 2 unspecified atom stereocenters. The third-order valence-electron chi connectivity index (χ3n) is 5.09. The van der Waals surface area contributed by atoms with E-state index in [1.165, 1.54) is 11.8 Å². The van der Waals surface area contributed by atoms with E-state index in [-0.39, 0.29) is 41.9 Å². The van der Waals surface area contributed by atoms with Crippen LogP contribution in [0.1, 0.15) is 13.3 Å².